The molecule has 0 amide bonds. The lowest BCUT2D eigenvalue weighted by molar-refractivity contribution is 1.07. The van der Waals surface area contributed by atoms with E-state index in [2.05, 4.69) is 152 Å². The smallest absolute Gasteiger partial charge is 0.164 e. The van der Waals surface area contributed by atoms with E-state index in [1.54, 1.807) is 0 Å². The van der Waals surface area contributed by atoms with E-state index in [1.165, 1.54) is 58.1 Å². The fraction of sp³-hybridized carbons (Fsp3) is 0. The minimum atomic E-state index is 0.636. The van der Waals surface area contributed by atoms with Crippen LogP contribution < -0.4 is 0 Å². The number of thiophene rings is 1. The first-order valence-electron chi connectivity index (χ1n) is 18.5. The SMILES string of the molecule is c1ccc(-c2nc(-c3ccccc3)nc(-c3cc(-c4ccc5c6ccccc6c6ccccc6c5c4)cc(-c4cccc5c4sc4ccccc45)c3)n2)cc1. The van der Waals surface area contributed by atoms with Gasteiger partial charge in [0.25, 0.3) is 0 Å². The zero-order valence-corrected chi connectivity index (χ0v) is 30.5. The summed E-state index contributed by atoms with van der Waals surface area (Å²) in [5, 5.41) is 10.1. The van der Waals surface area contributed by atoms with Crippen LogP contribution in [0.1, 0.15) is 0 Å². The van der Waals surface area contributed by atoms with E-state index < -0.39 is 0 Å². The van der Waals surface area contributed by atoms with Crippen LogP contribution in [-0.4, -0.2) is 15.0 Å². The number of aromatic nitrogens is 3. The molecule has 0 N–H and O–H groups in total. The third-order valence-corrected chi connectivity index (χ3v) is 11.9. The van der Waals surface area contributed by atoms with E-state index in [-0.39, 0.29) is 0 Å². The van der Waals surface area contributed by atoms with Crippen molar-refractivity contribution in [3.05, 3.63) is 188 Å². The van der Waals surface area contributed by atoms with Gasteiger partial charge in [-0.15, -0.1) is 11.3 Å². The van der Waals surface area contributed by atoms with Gasteiger partial charge in [0.1, 0.15) is 0 Å². The first-order chi connectivity index (χ1) is 27.2. The molecule has 0 spiro atoms. The van der Waals surface area contributed by atoms with Gasteiger partial charge in [0.05, 0.1) is 0 Å². The molecule has 0 unspecified atom stereocenters. The van der Waals surface area contributed by atoms with Crippen LogP contribution in [0.3, 0.4) is 0 Å². The van der Waals surface area contributed by atoms with E-state index in [0.717, 1.165) is 33.4 Å². The van der Waals surface area contributed by atoms with Crippen LogP contribution >= 0.6 is 11.3 Å². The predicted molar refractivity (Wildman–Crippen MR) is 232 cm³/mol. The molecule has 0 atom stereocenters. The van der Waals surface area contributed by atoms with Gasteiger partial charge in [-0.3, -0.25) is 0 Å². The third kappa shape index (κ3) is 5.38. The first-order valence-corrected chi connectivity index (χ1v) is 19.3. The molecule has 0 bridgehead atoms. The van der Waals surface area contributed by atoms with Crippen molar-refractivity contribution in [3.63, 3.8) is 0 Å². The average molecular weight is 718 g/mol. The molecule has 3 nitrogen and oxygen atoms in total. The Morgan fingerprint density at radius 2 is 0.745 bits per heavy atom. The van der Waals surface area contributed by atoms with Crippen molar-refractivity contribution in [3.8, 4) is 56.4 Å². The van der Waals surface area contributed by atoms with Gasteiger partial charge in [-0.25, -0.2) is 15.0 Å². The van der Waals surface area contributed by atoms with Crippen molar-refractivity contribution in [1.82, 2.24) is 15.0 Å². The molecule has 0 aliphatic rings. The summed E-state index contributed by atoms with van der Waals surface area (Å²) < 4.78 is 2.56. The second-order valence-corrected chi connectivity index (χ2v) is 15.0. The molecule has 2 heterocycles. The van der Waals surface area contributed by atoms with Gasteiger partial charge in [-0.1, -0.05) is 158 Å². The molecule has 0 saturated carbocycles. The van der Waals surface area contributed by atoms with Crippen molar-refractivity contribution in [2.24, 2.45) is 0 Å². The highest BCUT2D eigenvalue weighted by Crippen LogP contribution is 2.43. The standard InChI is InChI=1S/C51H31N3S/c1-3-14-32(15-4-1)49-52-50(33-16-5-2-6-17-33)54-51(53-49)37-29-35(28-36(30-37)38-23-13-24-45-44-22-11-12-25-47(44)55-48(38)45)34-26-27-43-41-20-8-7-18-39(41)40-19-9-10-21-42(40)46(43)31-34/h1-31H. The number of rotatable bonds is 5. The number of fused-ring (bicyclic) bond motifs is 9. The molecule has 0 fully saturated rings. The van der Waals surface area contributed by atoms with Crippen LogP contribution in [0.5, 0.6) is 0 Å². The second kappa shape index (κ2) is 12.8. The molecule has 9 aromatic carbocycles. The van der Waals surface area contributed by atoms with Crippen LogP contribution in [0, 0.1) is 0 Å². The maximum atomic E-state index is 5.17. The molecule has 55 heavy (non-hydrogen) atoms. The van der Waals surface area contributed by atoms with Gasteiger partial charge >= 0.3 is 0 Å². The molecule has 0 saturated heterocycles. The summed E-state index contributed by atoms with van der Waals surface area (Å²) in [4.78, 5) is 15.3. The molecule has 11 rings (SSSR count). The molecule has 2 aromatic heterocycles. The number of hydrogen-bond acceptors (Lipinski definition) is 4. The minimum absolute atomic E-state index is 0.636. The number of hydrogen-bond donors (Lipinski definition) is 0. The van der Waals surface area contributed by atoms with E-state index in [0.29, 0.717) is 17.5 Å². The summed E-state index contributed by atoms with van der Waals surface area (Å²) in [5.74, 6) is 1.93. The Balaban J connectivity index is 1.19. The first kappa shape index (κ1) is 31.5. The zero-order valence-electron chi connectivity index (χ0n) is 29.6. The summed E-state index contributed by atoms with van der Waals surface area (Å²) >= 11 is 1.85. The van der Waals surface area contributed by atoms with Gasteiger partial charge in [-0.05, 0) is 84.9 Å². The molecule has 11 aromatic rings. The van der Waals surface area contributed by atoms with Gasteiger partial charge in [-0.2, -0.15) is 0 Å². The highest BCUT2D eigenvalue weighted by atomic mass is 32.1. The molecule has 0 aliphatic carbocycles. The quantitative estimate of drug-likeness (QED) is 0.166. The molecular formula is C51H31N3S. The monoisotopic (exact) mass is 717 g/mol. The van der Waals surface area contributed by atoms with Gasteiger partial charge in [0.2, 0.25) is 0 Å². The zero-order chi connectivity index (χ0) is 36.3. The predicted octanol–water partition coefficient (Wildman–Crippen LogP) is 14.0. The Kier molecular flexibility index (Phi) is 7.35. The summed E-state index contributed by atoms with van der Waals surface area (Å²) in [6.07, 6.45) is 0. The molecule has 256 valence electrons. The Hall–Kier alpha value is -7.01. The Morgan fingerprint density at radius 3 is 1.38 bits per heavy atom. The fourth-order valence-corrected chi connectivity index (χ4v) is 9.32. The highest BCUT2D eigenvalue weighted by Gasteiger charge is 2.18. The third-order valence-electron chi connectivity index (χ3n) is 10.7. The van der Waals surface area contributed by atoms with Crippen LogP contribution in [0.4, 0.5) is 0 Å². The van der Waals surface area contributed by atoms with Crippen molar-refractivity contribution >= 4 is 63.8 Å². The largest absolute Gasteiger partial charge is 0.208 e. The second-order valence-electron chi connectivity index (χ2n) is 14.0. The van der Waals surface area contributed by atoms with E-state index >= 15 is 0 Å². The minimum Gasteiger partial charge on any atom is -0.208 e. The summed E-state index contributed by atoms with van der Waals surface area (Å²) in [6, 6.07) is 67.0. The maximum Gasteiger partial charge on any atom is 0.164 e. The van der Waals surface area contributed by atoms with Crippen molar-refractivity contribution in [2.45, 2.75) is 0 Å². The van der Waals surface area contributed by atoms with Crippen LogP contribution in [0.2, 0.25) is 0 Å². The van der Waals surface area contributed by atoms with Gasteiger partial charge in [0, 0.05) is 36.9 Å². The topological polar surface area (TPSA) is 38.7 Å². The lowest BCUT2D eigenvalue weighted by Gasteiger charge is -2.15. The molecular weight excluding hydrogens is 687 g/mol. The number of benzene rings is 9. The molecule has 4 heteroatoms. The van der Waals surface area contributed by atoms with E-state index in [4.69, 9.17) is 15.0 Å². The van der Waals surface area contributed by atoms with Crippen LogP contribution in [-0.2, 0) is 0 Å². The maximum absolute atomic E-state index is 5.17. The van der Waals surface area contributed by atoms with Crippen molar-refractivity contribution in [2.75, 3.05) is 0 Å². The van der Waals surface area contributed by atoms with Gasteiger partial charge in [0.15, 0.2) is 17.5 Å². The van der Waals surface area contributed by atoms with Crippen LogP contribution in [0.25, 0.3) is 109 Å². The van der Waals surface area contributed by atoms with Crippen molar-refractivity contribution < 1.29 is 0 Å². The normalized spacial score (nSPS) is 11.6. The lowest BCUT2D eigenvalue weighted by atomic mass is 9.90. The summed E-state index contributed by atoms with van der Waals surface area (Å²) in [7, 11) is 0. The highest BCUT2D eigenvalue weighted by molar-refractivity contribution is 7.26. The van der Waals surface area contributed by atoms with Crippen molar-refractivity contribution in [1.29, 1.82) is 0 Å². The number of nitrogens with zero attached hydrogens (tertiary/aromatic N) is 3. The Morgan fingerprint density at radius 1 is 0.273 bits per heavy atom. The van der Waals surface area contributed by atoms with Crippen LogP contribution in [0.15, 0.2) is 188 Å². The average Bonchev–Trinajstić information content (AvgIpc) is 3.66. The molecule has 0 aliphatic heterocycles. The van der Waals surface area contributed by atoms with E-state index in [9.17, 15) is 0 Å². The Bertz CT molecular complexity index is 3170. The lowest BCUT2D eigenvalue weighted by Crippen LogP contribution is -2.00. The summed E-state index contributed by atoms with van der Waals surface area (Å²) in [5.41, 5.74) is 7.39. The van der Waals surface area contributed by atoms with Gasteiger partial charge < -0.3 is 0 Å². The molecule has 0 radical (unpaired) electrons. The summed E-state index contributed by atoms with van der Waals surface area (Å²) in [6.45, 7) is 0. The fourth-order valence-electron chi connectivity index (χ4n) is 8.08. The van der Waals surface area contributed by atoms with E-state index in [1.807, 2.05) is 47.7 Å². The Labute approximate surface area is 321 Å².